The summed E-state index contributed by atoms with van der Waals surface area (Å²) in [5, 5.41) is 0. The van der Waals surface area contributed by atoms with Crippen LogP contribution in [0.15, 0.2) is 18.2 Å². The summed E-state index contributed by atoms with van der Waals surface area (Å²) in [5.41, 5.74) is 1.44. The lowest BCUT2D eigenvalue weighted by atomic mass is 10.1. The van der Waals surface area contributed by atoms with Gasteiger partial charge in [0.25, 0.3) is 0 Å². The number of rotatable bonds is 5. The van der Waals surface area contributed by atoms with Crippen molar-refractivity contribution < 1.29 is 19.1 Å². The molecular weight excluding hydrogens is 208 g/mol. The molecule has 1 aromatic carbocycles. The Morgan fingerprint density at radius 3 is 2.69 bits per heavy atom. The predicted octanol–water partition coefficient (Wildman–Crippen LogP) is 1.61. The van der Waals surface area contributed by atoms with Crippen LogP contribution < -0.4 is 4.74 Å². The normalized spacial score (nSPS) is 9.62. The van der Waals surface area contributed by atoms with Gasteiger partial charge in [-0.15, -0.1) is 0 Å². The monoisotopic (exact) mass is 222 g/mol. The molecule has 4 nitrogen and oxygen atoms in total. The van der Waals surface area contributed by atoms with Crippen molar-refractivity contribution in [1.82, 2.24) is 0 Å². The van der Waals surface area contributed by atoms with Crippen molar-refractivity contribution in [3.8, 4) is 5.75 Å². The van der Waals surface area contributed by atoms with Crippen molar-refractivity contribution in [2.24, 2.45) is 0 Å². The zero-order chi connectivity index (χ0) is 12.0. The molecule has 0 heterocycles. The van der Waals surface area contributed by atoms with Gasteiger partial charge in [-0.1, -0.05) is 6.07 Å². The SMILES string of the molecule is COC(=O)CCc1ccc(C=O)c(OC)c1. The Kier molecular flexibility index (Phi) is 4.51. The number of ether oxygens (including phenoxy) is 2. The molecule has 0 atom stereocenters. The van der Waals surface area contributed by atoms with E-state index < -0.39 is 0 Å². The van der Waals surface area contributed by atoms with Crippen LogP contribution in [-0.2, 0) is 16.0 Å². The van der Waals surface area contributed by atoms with Gasteiger partial charge in [0.1, 0.15) is 5.75 Å². The number of aryl methyl sites for hydroxylation is 1. The minimum absolute atomic E-state index is 0.251. The molecule has 0 spiro atoms. The summed E-state index contributed by atoms with van der Waals surface area (Å²) in [4.78, 5) is 21.6. The zero-order valence-electron chi connectivity index (χ0n) is 9.36. The minimum Gasteiger partial charge on any atom is -0.496 e. The topological polar surface area (TPSA) is 52.6 Å². The fourth-order valence-electron chi connectivity index (χ4n) is 1.36. The van der Waals surface area contributed by atoms with E-state index in [0.29, 0.717) is 24.2 Å². The van der Waals surface area contributed by atoms with Crippen LogP contribution in [0.1, 0.15) is 22.3 Å². The number of esters is 1. The Morgan fingerprint density at radius 2 is 2.12 bits per heavy atom. The molecule has 86 valence electrons. The number of benzene rings is 1. The lowest BCUT2D eigenvalue weighted by Gasteiger charge is -2.06. The van der Waals surface area contributed by atoms with E-state index in [0.717, 1.165) is 11.8 Å². The summed E-state index contributed by atoms with van der Waals surface area (Å²) < 4.78 is 9.61. The average molecular weight is 222 g/mol. The molecule has 1 aromatic rings. The summed E-state index contributed by atoms with van der Waals surface area (Å²) >= 11 is 0. The zero-order valence-corrected chi connectivity index (χ0v) is 9.36. The minimum atomic E-state index is -0.251. The van der Waals surface area contributed by atoms with Crippen molar-refractivity contribution in [3.63, 3.8) is 0 Å². The van der Waals surface area contributed by atoms with Gasteiger partial charge in [-0.25, -0.2) is 0 Å². The summed E-state index contributed by atoms with van der Waals surface area (Å²) in [6, 6.07) is 5.24. The Morgan fingerprint density at radius 1 is 1.38 bits per heavy atom. The molecule has 0 aliphatic rings. The van der Waals surface area contributed by atoms with Gasteiger partial charge in [0.2, 0.25) is 0 Å². The molecule has 16 heavy (non-hydrogen) atoms. The summed E-state index contributed by atoms with van der Waals surface area (Å²) in [6.07, 6.45) is 1.63. The van der Waals surface area contributed by atoms with Gasteiger partial charge in [0, 0.05) is 6.42 Å². The van der Waals surface area contributed by atoms with Crippen LogP contribution >= 0.6 is 0 Å². The molecule has 0 aliphatic heterocycles. The van der Waals surface area contributed by atoms with Crippen molar-refractivity contribution >= 4 is 12.3 Å². The van der Waals surface area contributed by atoms with Crippen LogP contribution in [0.2, 0.25) is 0 Å². The van der Waals surface area contributed by atoms with Crippen LogP contribution in [0.5, 0.6) is 5.75 Å². The number of hydrogen-bond donors (Lipinski definition) is 0. The second kappa shape index (κ2) is 5.90. The molecule has 0 aliphatic carbocycles. The van der Waals surface area contributed by atoms with E-state index in [1.165, 1.54) is 14.2 Å². The highest BCUT2D eigenvalue weighted by Gasteiger charge is 2.05. The van der Waals surface area contributed by atoms with Crippen molar-refractivity contribution in [1.29, 1.82) is 0 Å². The highest BCUT2D eigenvalue weighted by Crippen LogP contribution is 2.19. The number of carbonyl (C=O) groups excluding carboxylic acids is 2. The first-order valence-corrected chi connectivity index (χ1v) is 4.90. The van der Waals surface area contributed by atoms with Crippen molar-refractivity contribution in [2.75, 3.05) is 14.2 Å². The quantitative estimate of drug-likeness (QED) is 0.561. The van der Waals surface area contributed by atoms with E-state index >= 15 is 0 Å². The lowest BCUT2D eigenvalue weighted by molar-refractivity contribution is -0.140. The maximum Gasteiger partial charge on any atom is 0.305 e. The van der Waals surface area contributed by atoms with Gasteiger partial charge in [-0.2, -0.15) is 0 Å². The van der Waals surface area contributed by atoms with Crippen LogP contribution in [0.4, 0.5) is 0 Å². The fraction of sp³-hybridized carbons (Fsp3) is 0.333. The fourth-order valence-corrected chi connectivity index (χ4v) is 1.36. The smallest absolute Gasteiger partial charge is 0.305 e. The first kappa shape index (κ1) is 12.2. The first-order valence-electron chi connectivity index (χ1n) is 4.90. The standard InChI is InChI=1S/C12H14O4/c1-15-11-7-9(3-5-10(11)8-13)4-6-12(14)16-2/h3,5,7-8H,4,6H2,1-2H3. The van der Waals surface area contributed by atoms with Crippen LogP contribution in [0.3, 0.4) is 0 Å². The van der Waals surface area contributed by atoms with Gasteiger partial charge >= 0.3 is 5.97 Å². The second-order valence-corrected chi connectivity index (χ2v) is 3.27. The lowest BCUT2D eigenvalue weighted by Crippen LogP contribution is -2.02. The third-order valence-corrected chi connectivity index (χ3v) is 2.27. The van der Waals surface area contributed by atoms with E-state index in [9.17, 15) is 9.59 Å². The van der Waals surface area contributed by atoms with E-state index in [-0.39, 0.29) is 5.97 Å². The molecule has 0 saturated carbocycles. The molecule has 0 fully saturated rings. The van der Waals surface area contributed by atoms with E-state index in [4.69, 9.17) is 4.74 Å². The Balaban J connectivity index is 2.75. The highest BCUT2D eigenvalue weighted by atomic mass is 16.5. The third kappa shape index (κ3) is 3.08. The average Bonchev–Trinajstić information content (AvgIpc) is 2.35. The molecule has 0 amide bonds. The van der Waals surface area contributed by atoms with Gasteiger partial charge < -0.3 is 9.47 Å². The number of hydrogen-bond acceptors (Lipinski definition) is 4. The van der Waals surface area contributed by atoms with Gasteiger partial charge in [0.15, 0.2) is 6.29 Å². The molecule has 0 unspecified atom stereocenters. The summed E-state index contributed by atoms with van der Waals surface area (Å²) in [5.74, 6) is 0.274. The first-order chi connectivity index (χ1) is 7.71. The molecule has 1 rings (SSSR count). The molecular formula is C12H14O4. The summed E-state index contributed by atoms with van der Waals surface area (Å²) in [7, 11) is 2.87. The molecule has 0 saturated heterocycles. The van der Waals surface area contributed by atoms with Crippen LogP contribution in [0.25, 0.3) is 0 Å². The number of carbonyl (C=O) groups is 2. The third-order valence-electron chi connectivity index (χ3n) is 2.27. The molecule has 0 radical (unpaired) electrons. The van der Waals surface area contributed by atoms with E-state index in [1.807, 2.05) is 0 Å². The van der Waals surface area contributed by atoms with Gasteiger partial charge in [-0.3, -0.25) is 9.59 Å². The Labute approximate surface area is 94.2 Å². The predicted molar refractivity (Wildman–Crippen MR) is 58.7 cm³/mol. The van der Waals surface area contributed by atoms with Crippen LogP contribution in [0, 0.1) is 0 Å². The maximum absolute atomic E-state index is 11.0. The number of methoxy groups -OCH3 is 2. The van der Waals surface area contributed by atoms with Crippen molar-refractivity contribution in [3.05, 3.63) is 29.3 Å². The van der Waals surface area contributed by atoms with E-state index in [1.54, 1.807) is 18.2 Å². The van der Waals surface area contributed by atoms with Gasteiger partial charge in [0.05, 0.1) is 19.8 Å². The maximum atomic E-state index is 11.0. The second-order valence-electron chi connectivity index (χ2n) is 3.27. The molecule has 0 N–H and O–H groups in total. The summed E-state index contributed by atoms with van der Waals surface area (Å²) in [6.45, 7) is 0. The molecule has 0 bridgehead atoms. The molecule has 4 heteroatoms. The Bertz CT molecular complexity index is 385. The van der Waals surface area contributed by atoms with E-state index in [2.05, 4.69) is 4.74 Å². The highest BCUT2D eigenvalue weighted by molar-refractivity contribution is 5.79. The molecule has 0 aromatic heterocycles. The Hall–Kier alpha value is -1.84. The van der Waals surface area contributed by atoms with Gasteiger partial charge in [-0.05, 0) is 24.1 Å². The van der Waals surface area contributed by atoms with Crippen molar-refractivity contribution in [2.45, 2.75) is 12.8 Å². The number of aldehydes is 1. The van der Waals surface area contributed by atoms with Crippen LogP contribution in [-0.4, -0.2) is 26.5 Å². The largest absolute Gasteiger partial charge is 0.496 e.